The lowest BCUT2D eigenvalue weighted by molar-refractivity contribution is 0.461. The zero-order chi connectivity index (χ0) is 14.9. The molecule has 0 saturated carbocycles. The minimum Gasteiger partial charge on any atom is -0.344 e. The van der Waals surface area contributed by atoms with Crippen LogP contribution in [-0.2, 0) is 6.54 Å². The molecule has 0 fully saturated rings. The van der Waals surface area contributed by atoms with Crippen LogP contribution in [0, 0.1) is 18.4 Å². The number of fused-ring (bicyclic) bond motifs is 3. The molecule has 1 aromatic carbocycles. The molecule has 0 aromatic heterocycles. The standard InChI is InChI=1S/C20H16N2/c1-21-17-10-9-16-12-20-18(19(16)13-17)8-5-11-22(20)14-15-6-3-2-4-7-15/h2-13,16,19H,14H2. The van der Waals surface area contributed by atoms with Crippen molar-refractivity contribution in [3.05, 3.63) is 107 Å². The van der Waals surface area contributed by atoms with Crippen molar-refractivity contribution < 1.29 is 0 Å². The van der Waals surface area contributed by atoms with Gasteiger partial charge >= 0.3 is 0 Å². The summed E-state index contributed by atoms with van der Waals surface area (Å²) in [5.41, 5.74) is 4.67. The Hall–Kier alpha value is -2.79. The molecule has 3 aliphatic rings. The van der Waals surface area contributed by atoms with Gasteiger partial charge in [0.1, 0.15) is 0 Å². The maximum Gasteiger partial charge on any atom is 0.183 e. The second-order valence-electron chi connectivity index (χ2n) is 5.79. The molecule has 0 saturated heterocycles. The summed E-state index contributed by atoms with van der Waals surface area (Å²) in [6.07, 6.45) is 15.0. The predicted molar refractivity (Wildman–Crippen MR) is 88.1 cm³/mol. The number of nitrogens with zero attached hydrogens (tertiary/aromatic N) is 2. The Morgan fingerprint density at radius 3 is 2.82 bits per heavy atom. The molecule has 2 heteroatoms. The van der Waals surface area contributed by atoms with E-state index in [0.29, 0.717) is 11.8 Å². The highest BCUT2D eigenvalue weighted by molar-refractivity contribution is 5.51. The molecule has 0 spiro atoms. The highest BCUT2D eigenvalue weighted by atomic mass is 15.1. The van der Waals surface area contributed by atoms with E-state index in [0.717, 1.165) is 12.2 Å². The molecule has 0 N–H and O–H groups in total. The molecule has 0 bridgehead atoms. The van der Waals surface area contributed by atoms with E-state index in [4.69, 9.17) is 6.57 Å². The van der Waals surface area contributed by atoms with Crippen LogP contribution in [0.5, 0.6) is 0 Å². The second kappa shape index (κ2) is 5.20. The Kier molecular flexibility index (Phi) is 3.05. The average molecular weight is 284 g/mol. The lowest BCUT2D eigenvalue weighted by atomic mass is 9.86. The molecule has 106 valence electrons. The van der Waals surface area contributed by atoms with Crippen LogP contribution in [0.1, 0.15) is 5.56 Å². The summed E-state index contributed by atoms with van der Waals surface area (Å²) in [6, 6.07) is 10.5. The highest BCUT2D eigenvalue weighted by Crippen LogP contribution is 2.43. The Morgan fingerprint density at radius 2 is 2.00 bits per heavy atom. The number of hydrogen-bond acceptors (Lipinski definition) is 1. The van der Waals surface area contributed by atoms with Gasteiger partial charge in [0, 0.05) is 30.3 Å². The van der Waals surface area contributed by atoms with Crippen molar-refractivity contribution in [2.75, 3.05) is 0 Å². The van der Waals surface area contributed by atoms with E-state index in [2.05, 4.69) is 70.6 Å². The molecular formula is C20H16N2. The lowest BCUT2D eigenvalue weighted by Gasteiger charge is -2.27. The van der Waals surface area contributed by atoms with Gasteiger partial charge in [0.15, 0.2) is 5.70 Å². The third-order valence-electron chi connectivity index (χ3n) is 4.44. The number of benzene rings is 1. The minimum atomic E-state index is 0.312. The van der Waals surface area contributed by atoms with Crippen LogP contribution in [0.25, 0.3) is 4.85 Å². The second-order valence-corrected chi connectivity index (χ2v) is 5.79. The van der Waals surface area contributed by atoms with Crippen molar-refractivity contribution in [3.63, 3.8) is 0 Å². The SMILES string of the molecule is [C-]#[N+]C1=CC2C3=CC=CN(Cc4ccccc4)C3=CC2C=C1. The predicted octanol–water partition coefficient (Wildman–Crippen LogP) is 4.45. The molecule has 2 atom stereocenters. The normalized spacial score (nSPS) is 24.9. The summed E-state index contributed by atoms with van der Waals surface area (Å²) in [4.78, 5) is 5.88. The molecule has 2 aliphatic carbocycles. The molecule has 1 aromatic rings. The van der Waals surface area contributed by atoms with Gasteiger partial charge in [-0.15, -0.1) is 0 Å². The first kappa shape index (κ1) is 12.9. The van der Waals surface area contributed by atoms with Crippen LogP contribution in [0.15, 0.2) is 90.0 Å². The number of rotatable bonds is 2. The average Bonchev–Trinajstić information content (AvgIpc) is 2.95. The first-order valence-corrected chi connectivity index (χ1v) is 7.54. The van der Waals surface area contributed by atoms with Gasteiger partial charge in [0.2, 0.25) is 0 Å². The summed E-state index contributed by atoms with van der Waals surface area (Å²) in [7, 11) is 0. The van der Waals surface area contributed by atoms with E-state index in [-0.39, 0.29) is 0 Å². The van der Waals surface area contributed by atoms with E-state index in [1.807, 2.05) is 12.1 Å². The molecule has 4 rings (SSSR count). The minimum absolute atomic E-state index is 0.312. The lowest BCUT2D eigenvalue weighted by Crippen LogP contribution is -2.20. The third kappa shape index (κ3) is 2.12. The fraction of sp³-hybridized carbons (Fsp3) is 0.150. The van der Waals surface area contributed by atoms with Gasteiger partial charge in [-0.3, -0.25) is 0 Å². The van der Waals surface area contributed by atoms with Gasteiger partial charge in [-0.2, -0.15) is 0 Å². The van der Waals surface area contributed by atoms with Crippen molar-refractivity contribution in [1.82, 2.24) is 4.90 Å². The van der Waals surface area contributed by atoms with Crippen molar-refractivity contribution in [2.45, 2.75) is 6.54 Å². The Bertz CT molecular complexity index is 785. The monoisotopic (exact) mass is 284 g/mol. The molecule has 1 heterocycles. The van der Waals surface area contributed by atoms with Gasteiger partial charge in [0.05, 0.1) is 6.57 Å². The van der Waals surface area contributed by atoms with E-state index >= 15 is 0 Å². The largest absolute Gasteiger partial charge is 0.344 e. The molecule has 0 radical (unpaired) electrons. The van der Waals surface area contributed by atoms with E-state index in [1.165, 1.54) is 16.8 Å². The topological polar surface area (TPSA) is 7.60 Å². The summed E-state index contributed by atoms with van der Waals surface area (Å²) >= 11 is 0. The van der Waals surface area contributed by atoms with Gasteiger partial charge in [0.25, 0.3) is 0 Å². The van der Waals surface area contributed by atoms with Crippen LogP contribution in [0.4, 0.5) is 0 Å². The molecule has 0 amide bonds. The fourth-order valence-corrected chi connectivity index (χ4v) is 3.37. The Balaban J connectivity index is 1.64. The molecule has 2 nitrogen and oxygen atoms in total. The summed E-state index contributed by atoms with van der Waals surface area (Å²) in [5.74, 6) is 0.692. The van der Waals surface area contributed by atoms with Crippen molar-refractivity contribution >= 4 is 0 Å². The maximum atomic E-state index is 7.21. The summed E-state index contributed by atoms with van der Waals surface area (Å²) in [6.45, 7) is 8.09. The first-order valence-electron chi connectivity index (χ1n) is 7.54. The fourth-order valence-electron chi connectivity index (χ4n) is 3.37. The van der Waals surface area contributed by atoms with E-state index in [9.17, 15) is 0 Å². The van der Waals surface area contributed by atoms with Crippen LogP contribution in [0.2, 0.25) is 0 Å². The highest BCUT2D eigenvalue weighted by Gasteiger charge is 2.33. The molecular weight excluding hydrogens is 268 g/mol. The van der Waals surface area contributed by atoms with Crippen LogP contribution < -0.4 is 0 Å². The molecule has 22 heavy (non-hydrogen) atoms. The van der Waals surface area contributed by atoms with E-state index < -0.39 is 0 Å². The number of hydrogen-bond donors (Lipinski definition) is 0. The zero-order valence-electron chi connectivity index (χ0n) is 12.2. The summed E-state index contributed by atoms with van der Waals surface area (Å²) < 4.78 is 0. The van der Waals surface area contributed by atoms with Crippen LogP contribution in [0.3, 0.4) is 0 Å². The molecule has 1 aliphatic heterocycles. The van der Waals surface area contributed by atoms with Crippen molar-refractivity contribution in [2.24, 2.45) is 11.8 Å². The smallest absolute Gasteiger partial charge is 0.183 e. The van der Waals surface area contributed by atoms with E-state index in [1.54, 1.807) is 0 Å². The first-order chi connectivity index (χ1) is 10.8. The Labute approximate surface area is 130 Å². The van der Waals surface area contributed by atoms with Gasteiger partial charge in [-0.1, -0.05) is 60.7 Å². The summed E-state index contributed by atoms with van der Waals surface area (Å²) in [5, 5.41) is 0. The molecule has 2 unspecified atom stereocenters. The quantitative estimate of drug-likeness (QED) is 0.728. The van der Waals surface area contributed by atoms with Crippen LogP contribution >= 0.6 is 0 Å². The van der Waals surface area contributed by atoms with Crippen LogP contribution in [-0.4, -0.2) is 4.90 Å². The van der Waals surface area contributed by atoms with Gasteiger partial charge in [-0.05, 0) is 17.2 Å². The Morgan fingerprint density at radius 1 is 1.14 bits per heavy atom. The van der Waals surface area contributed by atoms with Crippen molar-refractivity contribution in [1.29, 1.82) is 0 Å². The van der Waals surface area contributed by atoms with Crippen molar-refractivity contribution in [3.8, 4) is 0 Å². The third-order valence-corrected chi connectivity index (χ3v) is 4.44. The number of allylic oxidation sites excluding steroid dienone is 7. The van der Waals surface area contributed by atoms with Gasteiger partial charge in [-0.25, -0.2) is 4.85 Å². The maximum absolute atomic E-state index is 7.21. The van der Waals surface area contributed by atoms with Gasteiger partial charge < -0.3 is 4.90 Å². The zero-order valence-corrected chi connectivity index (χ0v) is 12.2.